The zero-order valence-electron chi connectivity index (χ0n) is 14.1. The van der Waals surface area contributed by atoms with Crippen LogP contribution in [0.15, 0.2) is 36.6 Å². The van der Waals surface area contributed by atoms with Crippen LogP contribution in [0.3, 0.4) is 0 Å². The molecule has 154 valence electrons. The van der Waals surface area contributed by atoms with Gasteiger partial charge in [0.1, 0.15) is 5.82 Å². The molecule has 2 heterocycles. The monoisotopic (exact) mass is 491 g/mol. The minimum Gasteiger partial charge on any atom is -0.349 e. The summed E-state index contributed by atoms with van der Waals surface area (Å²) in [5.74, 6) is -2.50. The van der Waals surface area contributed by atoms with Crippen LogP contribution in [0.2, 0.25) is 0 Å². The third-order valence-corrected chi connectivity index (χ3v) is 4.61. The van der Waals surface area contributed by atoms with Gasteiger partial charge in [-0.2, -0.15) is 8.42 Å². The number of halogens is 2. The first-order valence-corrected chi connectivity index (χ1v) is 9.94. The highest BCUT2D eigenvalue weighted by Crippen LogP contribution is 2.24. The van der Waals surface area contributed by atoms with Gasteiger partial charge >= 0.3 is 5.76 Å². The fourth-order valence-corrected chi connectivity index (χ4v) is 2.94. The molecule has 2 aromatic heterocycles. The molecule has 0 spiro atoms. The number of carbonyl (C=O) groups is 1. The molecule has 0 bridgehead atoms. The van der Waals surface area contributed by atoms with Crippen molar-refractivity contribution in [1.82, 2.24) is 30.1 Å². The molecule has 0 fully saturated rings. The molecule has 0 aliphatic carbocycles. The summed E-state index contributed by atoms with van der Waals surface area (Å²) in [5.41, 5.74) is -0.400. The number of carbonyl (C=O) groups excluding carboxylic acids is 1. The van der Waals surface area contributed by atoms with Gasteiger partial charge in [0, 0.05) is 13.1 Å². The number of nitrogens with two attached hydrogens (primary N) is 1. The fraction of sp³-hybridized carbons (Fsp3) is 0.154. The van der Waals surface area contributed by atoms with Crippen molar-refractivity contribution in [2.45, 2.75) is 0 Å². The molecule has 4 N–H and O–H groups in total. The maximum absolute atomic E-state index is 13.5. The van der Waals surface area contributed by atoms with E-state index in [-0.39, 0.29) is 40.5 Å². The highest BCUT2D eigenvalue weighted by molar-refractivity contribution is 9.10. The van der Waals surface area contributed by atoms with Gasteiger partial charge in [-0.3, -0.25) is 9.32 Å². The highest BCUT2D eigenvalue weighted by atomic mass is 79.9. The van der Waals surface area contributed by atoms with Crippen molar-refractivity contribution >= 4 is 32.0 Å². The molecule has 0 radical (unpaired) electrons. The molecule has 1 aromatic carbocycles. The number of nitrogens with zero attached hydrogens (tertiary/aromatic N) is 4. The van der Waals surface area contributed by atoms with E-state index in [4.69, 9.17) is 5.14 Å². The third kappa shape index (κ3) is 4.73. The Hall–Kier alpha value is -2.95. The Morgan fingerprint density at radius 3 is 2.72 bits per heavy atom. The van der Waals surface area contributed by atoms with Gasteiger partial charge in [0.05, 0.1) is 10.2 Å². The van der Waals surface area contributed by atoms with Crippen molar-refractivity contribution in [2.24, 2.45) is 5.14 Å². The topological polar surface area (TPSA) is 188 Å². The molecular weight excluding hydrogens is 481 g/mol. The normalized spacial score (nSPS) is 11.6. The molecule has 1 amide bonds. The lowest BCUT2D eigenvalue weighted by molar-refractivity contribution is 0.0945. The Labute approximate surface area is 169 Å². The van der Waals surface area contributed by atoms with Crippen molar-refractivity contribution in [3.8, 4) is 17.2 Å². The van der Waals surface area contributed by atoms with Crippen LogP contribution in [0.5, 0.6) is 0 Å². The average Bonchev–Trinajstić information content (AvgIpc) is 3.26. The lowest BCUT2D eigenvalue weighted by atomic mass is 10.2. The quantitative estimate of drug-likeness (QED) is 0.358. The first kappa shape index (κ1) is 20.8. The smallest absolute Gasteiger partial charge is 0.349 e. The Balaban J connectivity index is 1.88. The van der Waals surface area contributed by atoms with Gasteiger partial charge in [0.15, 0.2) is 5.69 Å². The minimum absolute atomic E-state index is 0.0765. The summed E-state index contributed by atoms with van der Waals surface area (Å²) in [6, 6.07) is 3.69. The Kier molecular flexibility index (Phi) is 5.87. The second-order valence-electron chi connectivity index (χ2n) is 5.36. The van der Waals surface area contributed by atoms with Crippen LogP contribution < -0.4 is 20.9 Å². The van der Waals surface area contributed by atoms with Crippen LogP contribution in [0, 0.1) is 5.82 Å². The molecule has 13 nitrogen and oxygen atoms in total. The van der Waals surface area contributed by atoms with Crippen molar-refractivity contribution < 1.29 is 26.8 Å². The van der Waals surface area contributed by atoms with E-state index in [0.29, 0.717) is 0 Å². The number of hydrogen-bond acceptors (Lipinski definition) is 9. The number of nitrogens with one attached hydrogen (secondary N) is 2. The van der Waals surface area contributed by atoms with E-state index in [9.17, 15) is 22.4 Å². The molecule has 0 aliphatic rings. The Bertz CT molecular complexity index is 1220. The van der Waals surface area contributed by atoms with Crippen molar-refractivity contribution in [1.29, 1.82) is 0 Å². The molecule has 29 heavy (non-hydrogen) atoms. The zero-order chi connectivity index (χ0) is 21.2. The van der Waals surface area contributed by atoms with E-state index in [1.54, 1.807) is 0 Å². The van der Waals surface area contributed by atoms with Crippen LogP contribution in [0.4, 0.5) is 4.39 Å². The van der Waals surface area contributed by atoms with Gasteiger partial charge < -0.3 is 5.32 Å². The molecule has 0 aliphatic heterocycles. The second-order valence-corrected chi connectivity index (χ2v) is 7.60. The number of hydrogen-bond donors (Lipinski definition) is 3. The fourth-order valence-electron chi connectivity index (χ4n) is 2.19. The molecule has 0 unspecified atom stereocenters. The van der Waals surface area contributed by atoms with E-state index < -0.39 is 27.7 Å². The first-order chi connectivity index (χ1) is 13.7. The lowest BCUT2D eigenvalue weighted by Crippen LogP contribution is -2.38. The van der Waals surface area contributed by atoms with Crippen molar-refractivity contribution in [2.75, 3.05) is 13.1 Å². The minimum atomic E-state index is -3.91. The van der Waals surface area contributed by atoms with Crippen LogP contribution in [-0.4, -0.2) is 47.5 Å². The van der Waals surface area contributed by atoms with Crippen LogP contribution in [-0.2, 0) is 10.2 Å². The summed E-state index contributed by atoms with van der Waals surface area (Å²) in [6.07, 6.45) is 0. The standard InChI is InChI=1S/C13H11BrFN7O6S/c14-7-5-6(1-2-8(7)15)22-11(21-27-13(22)24)9-10(20-28-19-9)12(23)17-3-4-18-29(16,25)26/h1-2,5,18H,3-4H2,(H,17,23)(H2,16,25,26). The summed E-state index contributed by atoms with van der Waals surface area (Å²) in [5, 5.41) is 17.7. The van der Waals surface area contributed by atoms with E-state index in [2.05, 4.69) is 45.9 Å². The van der Waals surface area contributed by atoms with Crippen molar-refractivity contribution in [3.63, 3.8) is 0 Å². The number of benzene rings is 1. The summed E-state index contributed by atoms with van der Waals surface area (Å²) < 4.78 is 47.3. The van der Waals surface area contributed by atoms with Crippen LogP contribution in [0.1, 0.15) is 10.5 Å². The predicted molar refractivity (Wildman–Crippen MR) is 96.5 cm³/mol. The maximum atomic E-state index is 13.5. The average molecular weight is 492 g/mol. The van der Waals surface area contributed by atoms with E-state index in [0.717, 1.165) is 10.6 Å². The number of aromatic nitrogens is 4. The lowest BCUT2D eigenvalue weighted by Gasteiger charge is -2.05. The Morgan fingerprint density at radius 1 is 1.28 bits per heavy atom. The van der Waals surface area contributed by atoms with E-state index in [1.807, 2.05) is 4.72 Å². The number of rotatable bonds is 7. The molecule has 3 rings (SSSR count). The Morgan fingerprint density at radius 2 is 2.03 bits per heavy atom. The zero-order valence-corrected chi connectivity index (χ0v) is 16.5. The molecule has 3 aromatic rings. The van der Waals surface area contributed by atoms with Gasteiger partial charge in [-0.15, -0.1) is 0 Å². The van der Waals surface area contributed by atoms with Gasteiger partial charge in [0.25, 0.3) is 16.1 Å². The van der Waals surface area contributed by atoms with Gasteiger partial charge in [-0.1, -0.05) is 5.16 Å². The number of amides is 1. The molecule has 16 heteroatoms. The second kappa shape index (κ2) is 8.19. The van der Waals surface area contributed by atoms with Gasteiger partial charge in [-0.05, 0) is 44.4 Å². The summed E-state index contributed by atoms with van der Waals surface area (Å²) >= 11 is 3.01. The summed E-state index contributed by atoms with van der Waals surface area (Å²) in [4.78, 5) is 24.4. The van der Waals surface area contributed by atoms with E-state index in [1.165, 1.54) is 12.1 Å². The highest BCUT2D eigenvalue weighted by Gasteiger charge is 2.26. The largest absolute Gasteiger partial charge is 0.446 e. The molecule has 0 saturated carbocycles. The van der Waals surface area contributed by atoms with Gasteiger partial charge in [0.2, 0.25) is 11.5 Å². The summed E-state index contributed by atoms with van der Waals surface area (Å²) in [6.45, 7) is -0.304. The SMILES string of the molecule is NS(=O)(=O)NCCNC(=O)c1nonc1-c1noc(=O)n1-c1ccc(F)c(Br)c1. The first-order valence-electron chi connectivity index (χ1n) is 7.60. The van der Waals surface area contributed by atoms with E-state index >= 15 is 0 Å². The van der Waals surface area contributed by atoms with Crippen LogP contribution in [0.25, 0.3) is 17.2 Å². The molecule has 0 saturated heterocycles. The predicted octanol–water partition coefficient (Wildman–Crippen LogP) is -0.700. The summed E-state index contributed by atoms with van der Waals surface area (Å²) in [7, 11) is -3.91. The molecular formula is C13H11BrFN7O6S. The van der Waals surface area contributed by atoms with Gasteiger partial charge in [-0.25, -0.2) is 28.2 Å². The van der Waals surface area contributed by atoms with Crippen molar-refractivity contribution in [3.05, 3.63) is 44.7 Å². The third-order valence-electron chi connectivity index (χ3n) is 3.40. The van der Waals surface area contributed by atoms with Crippen LogP contribution >= 0.6 is 15.9 Å². The maximum Gasteiger partial charge on any atom is 0.446 e. The molecule has 0 atom stereocenters.